The summed E-state index contributed by atoms with van der Waals surface area (Å²) < 4.78 is 5.53. The zero-order chi connectivity index (χ0) is 14.5. The first kappa shape index (κ1) is 13.7. The SMILES string of the molecule is COc1ccccc1N(Cc1ccccc1)C1=NCCC1. The van der Waals surface area contributed by atoms with Crippen LogP contribution in [0.3, 0.4) is 0 Å². The van der Waals surface area contributed by atoms with E-state index in [0.717, 1.165) is 43.2 Å². The summed E-state index contributed by atoms with van der Waals surface area (Å²) in [4.78, 5) is 6.95. The molecular formula is C18H20N2O. The van der Waals surface area contributed by atoms with E-state index >= 15 is 0 Å². The standard InChI is InChI=1S/C18H20N2O/c1-21-17-11-6-5-10-16(17)20(18-12-7-13-19-18)14-15-8-3-2-4-9-15/h2-6,8-11H,7,12-14H2,1H3. The summed E-state index contributed by atoms with van der Waals surface area (Å²) in [6, 6.07) is 18.6. The molecule has 108 valence electrons. The van der Waals surface area contributed by atoms with E-state index in [-0.39, 0.29) is 0 Å². The monoisotopic (exact) mass is 280 g/mol. The first-order valence-electron chi connectivity index (χ1n) is 7.36. The highest BCUT2D eigenvalue weighted by molar-refractivity contribution is 5.99. The lowest BCUT2D eigenvalue weighted by atomic mass is 10.1. The summed E-state index contributed by atoms with van der Waals surface area (Å²) in [5.74, 6) is 2.05. The molecule has 0 unspecified atom stereocenters. The molecular weight excluding hydrogens is 260 g/mol. The highest BCUT2D eigenvalue weighted by atomic mass is 16.5. The second-order valence-corrected chi connectivity index (χ2v) is 5.15. The van der Waals surface area contributed by atoms with Crippen molar-refractivity contribution in [2.75, 3.05) is 18.6 Å². The lowest BCUT2D eigenvalue weighted by Gasteiger charge is -2.26. The molecule has 3 nitrogen and oxygen atoms in total. The van der Waals surface area contributed by atoms with E-state index in [2.05, 4.69) is 40.2 Å². The van der Waals surface area contributed by atoms with E-state index in [1.165, 1.54) is 5.56 Å². The Labute approximate surface area is 125 Å². The molecule has 0 N–H and O–H groups in total. The van der Waals surface area contributed by atoms with Gasteiger partial charge in [-0.25, -0.2) is 0 Å². The van der Waals surface area contributed by atoms with Gasteiger partial charge < -0.3 is 9.64 Å². The van der Waals surface area contributed by atoms with Crippen LogP contribution in [-0.4, -0.2) is 19.5 Å². The van der Waals surface area contributed by atoms with Gasteiger partial charge in [0.1, 0.15) is 11.6 Å². The van der Waals surface area contributed by atoms with E-state index in [0.29, 0.717) is 0 Å². The third-order valence-electron chi connectivity index (χ3n) is 3.72. The number of nitrogens with zero attached hydrogens (tertiary/aromatic N) is 2. The van der Waals surface area contributed by atoms with E-state index < -0.39 is 0 Å². The number of ether oxygens (including phenoxy) is 1. The number of benzene rings is 2. The van der Waals surface area contributed by atoms with Crippen molar-refractivity contribution in [2.24, 2.45) is 4.99 Å². The lowest BCUT2D eigenvalue weighted by Crippen LogP contribution is -2.29. The largest absolute Gasteiger partial charge is 0.495 e. The second-order valence-electron chi connectivity index (χ2n) is 5.15. The van der Waals surface area contributed by atoms with Gasteiger partial charge in [-0.05, 0) is 24.1 Å². The molecule has 0 radical (unpaired) electrons. The summed E-state index contributed by atoms with van der Waals surface area (Å²) >= 11 is 0. The molecule has 3 rings (SSSR count). The molecule has 0 atom stereocenters. The predicted octanol–water partition coefficient (Wildman–Crippen LogP) is 3.89. The van der Waals surface area contributed by atoms with E-state index in [9.17, 15) is 0 Å². The molecule has 0 fully saturated rings. The van der Waals surface area contributed by atoms with Gasteiger partial charge >= 0.3 is 0 Å². The third kappa shape index (κ3) is 3.07. The topological polar surface area (TPSA) is 24.8 Å². The summed E-state index contributed by atoms with van der Waals surface area (Å²) in [6.07, 6.45) is 2.17. The van der Waals surface area contributed by atoms with Gasteiger partial charge in [0.05, 0.1) is 12.8 Å². The normalized spacial score (nSPS) is 13.9. The number of hydrogen-bond acceptors (Lipinski definition) is 3. The Balaban J connectivity index is 1.96. The molecule has 0 saturated carbocycles. The van der Waals surface area contributed by atoms with Crippen LogP contribution in [0.5, 0.6) is 5.75 Å². The maximum atomic E-state index is 5.53. The molecule has 0 aliphatic carbocycles. The van der Waals surface area contributed by atoms with Crippen molar-refractivity contribution in [2.45, 2.75) is 19.4 Å². The zero-order valence-electron chi connectivity index (χ0n) is 12.3. The van der Waals surface area contributed by atoms with E-state index in [1.54, 1.807) is 7.11 Å². The maximum Gasteiger partial charge on any atom is 0.142 e. The Bertz CT molecular complexity index is 622. The van der Waals surface area contributed by atoms with Crippen LogP contribution in [0.1, 0.15) is 18.4 Å². The number of rotatable bonds is 4. The number of para-hydroxylation sites is 2. The highest BCUT2D eigenvalue weighted by Gasteiger charge is 2.20. The van der Waals surface area contributed by atoms with Crippen molar-refractivity contribution in [3.8, 4) is 5.75 Å². The van der Waals surface area contributed by atoms with Gasteiger partial charge in [0.15, 0.2) is 0 Å². The predicted molar refractivity (Wildman–Crippen MR) is 87.2 cm³/mol. The van der Waals surface area contributed by atoms with Gasteiger partial charge in [-0.3, -0.25) is 4.99 Å². The van der Waals surface area contributed by atoms with Crippen molar-refractivity contribution in [1.82, 2.24) is 0 Å². The molecule has 1 aliphatic rings. The second kappa shape index (κ2) is 6.44. The number of anilines is 1. The zero-order valence-corrected chi connectivity index (χ0v) is 12.3. The first-order valence-corrected chi connectivity index (χ1v) is 7.36. The third-order valence-corrected chi connectivity index (χ3v) is 3.72. The fourth-order valence-corrected chi connectivity index (χ4v) is 2.68. The average molecular weight is 280 g/mol. The van der Waals surface area contributed by atoms with Crippen LogP contribution in [0, 0.1) is 0 Å². The molecule has 0 bridgehead atoms. The van der Waals surface area contributed by atoms with Gasteiger partial charge in [0, 0.05) is 19.5 Å². The average Bonchev–Trinajstić information content (AvgIpc) is 3.08. The van der Waals surface area contributed by atoms with E-state index in [4.69, 9.17) is 4.74 Å². The minimum absolute atomic E-state index is 0.819. The van der Waals surface area contributed by atoms with Crippen molar-refractivity contribution in [1.29, 1.82) is 0 Å². The molecule has 0 saturated heterocycles. The van der Waals surface area contributed by atoms with Crippen LogP contribution in [0.4, 0.5) is 5.69 Å². The fraction of sp³-hybridized carbons (Fsp3) is 0.278. The molecule has 0 amide bonds. The maximum absolute atomic E-state index is 5.53. The van der Waals surface area contributed by atoms with Crippen LogP contribution in [0.2, 0.25) is 0 Å². The minimum atomic E-state index is 0.819. The summed E-state index contributed by atoms with van der Waals surface area (Å²) in [5.41, 5.74) is 2.36. The smallest absolute Gasteiger partial charge is 0.142 e. The van der Waals surface area contributed by atoms with Crippen LogP contribution >= 0.6 is 0 Å². The van der Waals surface area contributed by atoms with Gasteiger partial charge in [-0.1, -0.05) is 42.5 Å². The van der Waals surface area contributed by atoms with Crippen molar-refractivity contribution in [3.05, 3.63) is 60.2 Å². The molecule has 2 aromatic carbocycles. The quantitative estimate of drug-likeness (QED) is 0.848. The van der Waals surface area contributed by atoms with Crippen LogP contribution < -0.4 is 9.64 Å². The number of aliphatic imine (C=N–C) groups is 1. The molecule has 21 heavy (non-hydrogen) atoms. The number of amidine groups is 1. The Morgan fingerprint density at radius 1 is 1.05 bits per heavy atom. The Morgan fingerprint density at radius 3 is 2.52 bits per heavy atom. The lowest BCUT2D eigenvalue weighted by molar-refractivity contribution is 0.415. The van der Waals surface area contributed by atoms with Crippen LogP contribution in [-0.2, 0) is 6.54 Å². The number of methoxy groups -OCH3 is 1. The Hall–Kier alpha value is -2.29. The Morgan fingerprint density at radius 2 is 1.81 bits per heavy atom. The van der Waals surface area contributed by atoms with Gasteiger partial charge in [-0.2, -0.15) is 0 Å². The Kier molecular flexibility index (Phi) is 4.20. The summed E-state index contributed by atoms with van der Waals surface area (Å²) in [6.45, 7) is 1.75. The van der Waals surface area contributed by atoms with Gasteiger partial charge in [0.2, 0.25) is 0 Å². The molecule has 3 heteroatoms. The van der Waals surface area contributed by atoms with Gasteiger partial charge in [-0.15, -0.1) is 0 Å². The van der Waals surface area contributed by atoms with E-state index in [1.807, 2.05) is 24.3 Å². The molecule has 1 aliphatic heterocycles. The van der Waals surface area contributed by atoms with Crippen molar-refractivity contribution < 1.29 is 4.74 Å². The molecule has 1 heterocycles. The summed E-state index contributed by atoms with van der Waals surface area (Å²) in [7, 11) is 1.72. The first-order chi connectivity index (χ1) is 10.4. The summed E-state index contributed by atoms with van der Waals surface area (Å²) in [5, 5.41) is 0. The van der Waals surface area contributed by atoms with Crippen molar-refractivity contribution in [3.63, 3.8) is 0 Å². The fourth-order valence-electron chi connectivity index (χ4n) is 2.68. The van der Waals surface area contributed by atoms with Gasteiger partial charge in [0.25, 0.3) is 0 Å². The highest BCUT2D eigenvalue weighted by Crippen LogP contribution is 2.31. The van der Waals surface area contributed by atoms with Crippen molar-refractivity contribution >= 4 is 11.5 Å². The minimum Gasteiger partial charge on any atom is -0.495 e. The van der Waals surface area contributed by atoms with Crippen LogP contribution in [0.25, 0.3) is 0 Å². The molecule has 0 aromatic heterocycles. The van der Waals surface area contributed by atoms with Crippen LogP contribution in [0.15, 0.2) is 59.6 Å². The molecule has 2 aromatic rings. The molecule has 0 spiro atoms. The number of hydrogen-bond donors (Lipinski definition) is 0.